The summed E-state index contributed by atoms with van der Waals surface area (Å²) in [7, 11) is 0. The first kappa shape index (κ1) is 31.4. The summed E-state index contributed by atoms with van der Waals surface area (Å²) in [5.74, 6) is 0.412. The van der Waals surface area contributed by atoms with Crippen LogP contribution in [0, 0.1) is 0 Å². The van der Waals surface area contributed by atoms with Gasteiger partial charge in [0.2, 0.25) is 5.95 Å². The number of hydrogen-bond acceptors (Lipinski definition) is 11. The van der Waals surface area contributed by atoms with Gasteiger partial charge in [-0.2, -0.15) is 9.97 Å². The molecule has 2 heterocycles. The van der Waals surface area contributed by atoms with Gasteiger partial charge < -0.3 is 40.0 Å². The highest BCUT2D eigenvalue weighted by Crippen LogP contribution is 2.21. The first-order chi connectivity index (χ1) is 18.3. The van der Waals surface area contributed by atoms with E-state index in [-0.39, 0.29) is 13.2 Å². The number of carbonyl (C=O) groups is 3. The van der Waals surface area contributed by atoms with Crippen LogP contribution < -0.4 is 21.3 Å². The predicted molar refractivity (Wildman–Crippen MR) is 147 cm³/mol. The number of carbonyl (C=O) groups excluding carboxylic acids is 3. The number of fused-ring (bicyclic) bond motifs is 1. The van der Waals surface area contributed by atoms with E-state index in [2.05, 4.69) is 36.2 Å². The Hall–Kier alpha value is -3.84. The van der Waals surface area contributed by atoms with Crippen molar-refractivity contribution in [3.63, 3.8) is 0 Å². The van der Waals surface area contributed by atoms with Crippen LogP contribution in [0.5, 0.6) is 0 Å². The summed E-state index contributed by atoms with van der Waals surface area (Å²) in [6.07, 6.45) is 1.77. The molecule has 0 fully saturated rings. The first-order valence-electron chi connectivity index (χ1n) is 13.1. The van der Waals surface area contributed by atoms with Crippen LogP contribution in [0.1, 0.15) is 61.3 Å². The van der Waals surface area contributed by atoms with E-state index in [4.69, 9.17) is 14.2 Å². The number of anilines is 2. The molecule has 2 aromatic rings. The molecule has 0 unspecified atom stereocenters. The molecule has 2 aromatic heterocycles. The lowest BCUT2D eigenvalue weighted by Gasteiger charge is -2.19. The van der Waals surface area contributed by atoms with Gasteiger partial charge in [0.25, 0.3) is 0 Å². The van der Waals surface area contributed by atoms with E-state index in [0.29, 0.717) is 62.0 Å². The number of amides is 2. The molecule has 0 saturated carbocycles. The number of imidazole rings is 1. The molecule has 4 N–H and O–H groups in total. The Balaban J connectivity index is 2.01. The third-order valence-electron chi connectivity index (χ3n) is 4.69. The molecule has 14 heteroatoms. The summed E-state index contributed by atoms with van der Waals surface area (Å²) in [4.78, 5) is 49.2. The largest absolute Gasteiger partial charge is 0.465 e. The minimum atomic E-state index is -0.563. The van der Waals surface area contributed by atoms with E-state index in [1.165, 1.54) is 6.33 Å². The summed E-state index contributed by atoms with van der Waals surface area (Å²) in [5.41, 5.74) is -0.168. The second-order valence-electron chi connectivity index (χ2n) is 10.7. The Labute approximate surface area is 229 Å². The Kier molecular flexibility index (Phi) is 11.5. The zero-order valence-corrected chi connectivity index (χ0v) is 24.0. The van der Waals surface area contributed by atoms with Gasteiger partial charge in [0, 0.05) is 26.2 Å². The minimum absolute atomic E-state index is 0.0418. The van der Waals surface area contributed by atoms with Gasteiger partial charge >= 0.3 is 18.2 Å². The van der Waals surface area contributed by atoms with Gasteiger partial charge in [-0.25, -0.2) is 14.6 Å². The molecule has 2 rings (SSSR count). The SMILES string of the molecule is CCOC(=O)Cn1cnc2c(NCCCNC(=O)OC(C)(C)C)nc(NCCCNC(=O)OC(C)(C)C)nc21. The van der Waals surface area contributed by atoms with Crippen LogP contribution in [0.3, 0.4) is 0 Å². The zero-order valence-electron chi connectivity index (χ0n) is 24.0. The van der Waals surface area contributed by atoms with E-state index in [1.54, 1.807) is 53.0 Å². The monoisotopic (exact) mass is 550 g/mol. The number of esters is 1. The zero-order chi connectivity index (χ0) is 29.1. The fourth-order valence-electron chi connectivity index (χ4n) is 3.20. The Bertz CT molecular complexity index is 1110. The average Bonchev–Trinajstić information content (AvgIpc) is 3.19. The number of nitrogens with zero attached hydrogens (tertiary/aromatic N) is 4. The number of alkyl carbamates (subject to hydrolysis) is 2. The van der Waals surface area contributed by atoms with Crippen molar-refractivity contribution >= 4 is 41.1 Å². The molecular weight excluding hydrogens is 508 g/mol. The van der Waals surface area contributed by atoms with Crippen LogP contribution >= 0.6 is 0 Å². The molecule has 218 valence electrons. The van der Waals surface area contributed by atoms with Gasteiger partial charge in [-0.05, 0) is 61.3 Å². The molecule has 0 saturated heterocycles. The summed E-state index contributed by atoms with van der Waals surface area (Å²) < 4.78 is 17.1. The maximum absolute atomic E-state index is 12.1. The van der Waals surface area contributed by atoms with E-state index in [9.17, 15) is 14.4 Å². The third-order valence-corrected chi connectivity index (χ3v) is 4.69. The summed E-state index contributed by atoms with van der Waals surface area (Å²) in [6.45, 7) is 14.6. The average molecular weight is 551 g/mol. The number of ether oxygens (including phenoxy) is 3. The second-order valence-corrected chi connectivity index (χ2v) is 10.7. The highest BCUT2D eigenvalue weighted by atomic mass is 16.6. The Morgan fingerprint density at radius 1 is 0.846 bits per heavy atom. The van der Waals surface area contributed by atoms with Gasteiger partial charge in [0.15, 0.2) is 17.0 Å². The molecule has 0 atom stereocenters. The van der Waals surface area contributed by atoms with Crippen LogP contribution in [0.4, 0.5) is 21.4 Å². The number of rotatable bonds is 13. The van der Waals surface area contributed by atoms with Gasteiger partial charge in [-0.15, -0.1) is 0 Å². The quantitative estimate of drug-likeness (QED) is 0.164. The molecule has 0 spiro atoms. The summed E-state index contributed by atoms with van der Waals surface area (Å²) >= 11 is 0. The van der Waals surface area contributed by atoms with Crippen molar-refractivity contribution < 1.29 is 28.6 Å². The van der Waals surface area contributed by atoms with E-state index in [1.807, 2.05) is 0 Å². The van der Waals surface area contributed by atoms with Crippen molar-refractivity contribution in [3.05, 3.63) is 6.33 Å². The van der Waals surface area contributed by atoms with Crippen LogP contribution in [0.25, 0.3) is 11.2 Å². The molecule has 0 aliphatic rings. The van der Waals surface area contributed by atoms with Gasteiger partial charge in [0.1, 0.15) is 17.7 Å². The smallest absolute Gasteiger partial charge is 0.407 e. The molecule has 0 bridgehead atoms. The molecule has 14 nitrogen and oxygen atoms in total. The van der Waals surface area contributed by atoms with Gasteiger partial charge in [-0.3, -0.25) is 4.79 Å². The Morgan fingerprint density at radius 2 is 1.41 bits per heavy atom. The molecular formula is C25H42N8O6. The standard InChI is InChI=1S/C25H42N8O6/c1-8-37-17(34)15-33-16-30-18-19(26-11-9-13-28-22(35)38-24(2,3)4)31-21(32-20(18)33)27-12-10-14-29-23(36)39-25(5,6)7/h16H,8-15H2,1-7H3,(H,28,35)(H,29,36)(H2,26,27,31,32). The van der Waals surface area contributed by atoms with Crippen LogP contribution in [-0.2, 0) is 25.5 Å². The van der Waals surface area contributed by atoms with Crippen molar-refractivity contribution in [1.29, 1.82) is 0 Å². The van der Waals surface area contributed by atoms with Crippen LogP contribution in [-0.4, -0.2) is 81.7 Å². The normalized spacial score (nSPS) is 11.6. The molecule has 39 heavy (non-hydrogen) atoms. The fraction of sp³-hybridized carbons (Fsp3) is 0.680. The van der Waals surface area contributed by atoms with Gasteiger partial charge in [-0.1, -0.05) is 0 Å². The summed E-state index contributed by atoms with van der Waals surface area (Å²) in [5, 5.41) is 11.8. The van der Waals surface area contributed by atoms with E-state index in [0.717, 1.165) is 0 Å². The van der Waals surface area contributed by atoms with E-state index < -0.39 is 29.4 Å². The van der Waals surface area contributed by atoms with Crippen molar-refractivity contribution in [2.45, 2.75) is 79.1 Å². The third kappa shape index (κ3) is 12.0. The molecule has 0 aliphatic carbocycles. The molecule has 0 radical (unpaired) electrons. The van der Waals surface area contributed by atoms with Crippen LogP contribution in [0.15, 0.2) is 6.33 Å². The summed E-state index contributed by atoms with van der Waals surface area (Å²) in [6, 6.07) is 0. The maximum Gasteiger partial charge on any atom is 0.407 e. The molecule has 0 aliphatic heterocycles. The lowest BCUT2D eigenvalue weighted by atomic mass is 10.2. The van der Waals surface area contributed by atoms with E-state index >= 15 is 0 Å². The Morgan fingerprint density at radius 3 is 1.95 bits per heavy atom. The lowest BCUT2D eigenvalue weighted by Crippen LogP contribution is -2.33. The topological polar surface area (TPSA) is 171 Å². The van der Waals surface area contributed by atoms with Gasteiger partial charge in [0.05, 0.1) is 12.9 Å². The minimum Gasteiger partial charge on any atom is -0.465 e. The first-order valence-corrected chi connectivity index (χ1v) is 13.1. The van der Waals surface area contributed by atoms with Crippen molar-refractivity contribution in [2.75, 3.05) is 43.4 Å². The van der Waals surface area contributed by atoms with Crippen molar-refractivity contribution in [1.82, 2.24) is 30.2 Å². The molecule has 2 amide bonds. The molecule has 0 aromatic carbocycles. The lowest BCUT2D eigenvalue weighted by molar-refractivity contribution is -0.143. The van der Waals surface area contributed by atoms with Crippen molar-refractivity contribution in [2.24, 2.45) is 0 Å². The van der Waals surface area contributed by atoms with Crippen LogP contribution in [0.2, 0.25) is 0 Å². The maximum atomic E-state index is 12.1. The fourth-order valence-corrected chi connectivity index (χ4v) is 3.20. The highest BCUT2D eigenvalue weighted by Gasteiger charge is 2.18. The highest BCUT2D eigenvalue weighted by molar-refractivity contribution is 5.85. The number of hydrogen-bond donors (Lipinski definition) is 4. The van der Waals surface area contributed by atoms with Crippen molar-refractivity contribution in [3.8, 4) is 0 Å². The second kappa shape index (κ2) is 14.4. The predicted octanol–water partition coefficient (Wildman–Crippen LogP) is 3.04. The number of nitrogens with one attached hydrogen (secondary N) is 4. The number of aromatic nitrogens is 4.